The molecule has 2 unspecified atom stereocenters. The highest BCUT2D eigenvalue weighted by Crippen LogP contribution is 2.41. The Morgan fingerprint density at radius 1 is 1.29 bits per heavy atom. The number of amides is 1. The van der Waals surface area contributed by atoms with E-state index in [0.29, 0.717) is 30.7 Å². The molecule has 3 N–H and O–H groups in total. The van der Waals surface area contributed by atoms with Crippen LogP contribution < -0.4 is 11.1 Å². The number of rotatable bonds is 8. The SMILES string of the molecule is CC(C)CC(CN)CC(=O)NC(c1ccccc1)C1CC1. The molecular formula is C18H28N2O. The molecule has 0 heterocycles. The monoisotopic (exact) mass is 288 g/mol. The number of nitrogens with two attached hydrogens (primary N) is 1. The first kappa shape index (κ1) is 16.0. The van der Waals surface area contributed by atoms with Gasteiger partial charge in [0.25, 0.3) is 0 Å². The van der Waals surface area contributed by atoms with E-state index in [0.717, 1.165) is 6.42 Å². The van der Waals surface area contributed by atoms with Gasteiger partial charge < -0.3 is 11.1 Å². The fraction of sp³-hybridized carbons (Fsp3) is 0.611. The third-order valence-corrected chi connectivity index (χ3v) is 4.18. The van der Waals surface area contributed by atoms with Crippen LogP contribution in [0.2, 0.25) is 0 Å². The Morgan fingerprint density at radius 2 is 1.95 bits per heavy atom. The third kappa shape index (κ3) is 5.16. The van der Waals surface area contributed by atoms with E-state index in [1.54, 1.807) is 0 Å². The van der Waals surface area contributed by atoms with Gasteiger partial charge in [-0.1, -0.05) is 44.2 Å². The topological polar surface area (TPSA) is 55.1 Å². The van der Waals surface area contributed by atoms with Crippen LogP contribution in [0, 0.1) is 17.8 Å². The van der Waals surface area contributed by atoms with Gasteiger partial charge in [-0.05, 0) is 49.1 Å². The molecule has 3 nitrogen and oxygen atoms in total. The minimum absolute atomic E-state index is 0.145. The lowest BCUT2D eigenvalue weighted by Crippen LogP contribution is -2.33. The molecule has 1 fully saturated rings. The summed E-state index contributed by atoms with van der Waals surface area (Å²) in [7, 11) is 0. The van der Waals surface area contributed by atoms with Crippen molar-refractivity contribution in [3.05, 3.63) is 35.9 Å². The Labute approximate surface area is 128 Å². The molecule has 0 radical (unpaired) electrons. The molecule has 3 heteroatoms. The van der Waals surface area contributed by atoms with Gasteiger partial charge in [-0.25, -0.2) is 0 Å². The van der Waals surface area contributed by atoms with Gasteiger partial charge in [0, 0.05) is 6.42 Å². The molecule has 116 valence electrons. The molecule has 1 amide bonds. The number of hydrogen-bond acceptors (Lipinski definition) is 2. The zero-order valence-corrected chi connectivity index (χ0v) is 13.2. The van der Waals surface area contributed by atoms with E-state index in [1.807, 2.05) is 18.2 Å². The quantitative estimate of drug-likeness (QED) is 0.771. The minimum atomic E-state index is 0.145. The Bertz CT molecular complexity index is 440. The molecule has 0 aromatic heterocycles. The summed E-state index contributed by atoms with van der Waals surface area (Å²) in [5, 5.41) is 3.24. The molecule has 21 heavy (non-hydrogen) atoms. The largest absolute Gasteiger partial charge is 0.349 e. The summed E-state index contributed by atoms with van der Waals surface area (Å²) in [6, 6.07) is 10.5. The number of nitrogens with one attached hydrogen (secondary N) is 1. The Balaban J connectivity index is 1.93. The molecule has 2 rings (SSSR count). The Kier molecular flexibility index (Phi) is 5.80. The van der Waals surface area contributed by atoms with Crippen LogP contribution in [0.5, 0.6) is 0 Å². The van der Waals surface area contributed by atoms with E-state index >= 15 is 0 Å². The molecule has 1 aliphatic carbocycles. The van der Waals surface area contributed by atoms with Crippen molar-refractivity contribution in [2.75, 3.05) is 6.54 Å². The molecule has 0 bridgehead atoms. The van der Waals surface area contributed by atoms with Crippen molar-refractivity contribution in [2.45, 2.75) is 45.6 Å². The van der Waals surface area contributed by atoms with Crippen molar-refractivity contribution in [2.24, 2.45) is 23.5 Å². The van der Waals surface area contributed by atoms with Crippen LogP contribution in [0.4, 0.5) is 0 Å². The Morgan fingerprint density at radius 3 is 2.48 bits per heavy atom. The second kappa shape index (κ2) is 7.60. The van der Waals surface area contributed by atoms with Crippen LogP contribution in [-0.4, -0.2) is 12.5 Å². The molecule has 0 spiro atoms. The summed E-state index contributed by atoms with van der Waals surface area (Å²) in [5.74, 6) is 1.63. The van der Waals surface area contributed by atoms with Crippen LogP contribution in [-0.2, 0) is 4.79 Å². The van der Waals surface area contributed by atoms with Crippen molar-refractivity contribution in [1.82, 2.24) is 5.32 Å². The maximum absolute atomic E-state index is 12.3. The summed E-state index contributed by atoms with van der Waals surface area (Å²) in [4.78, 5) is 12.3. The summed E-state index contributed by atoms with van der Waals surface area (Å²) in [6.45, 7) is 4.94. The fourth-order valence-corrected chi connectivity index (χ4v) is 2.99. The average molecular weight is 288 g/mol. The summed E-state index contributed by atoms with van der Waals surface area (Å²) >= 11 is 0. The summed E-state index contributed by atoms with van der Waals surface area (Å²) < 4.78 is 0. The van der Waals surface area contributed by atoms with Crippen molar-refractivity contribution >= 4 is 5.91 Å². The first-order valence-electron chi connectivity index (χ1n) is 8.14. The van der Waals surface area contributed by atoms with E-state index in [1.165, 1.54) is 18.4 Å². The van der Waals surface area contributed by atoms with Gasteiger partial charge in [-0.15, -0.1) is 0 Å². The normalized spacial score (nSPS) is 17.5. The van der Waals surface area contributed by atoms with Gasteiger partial charge in [-0.2, -0.15) is 0 Å². The van der Waals surface area contributed by atoms with Gasteiger partial charge in [0.05, 0.1) is 6.04 Å². The zero-order chi connectivity index (χ0) is 15.2. The number of benzene rings is 1. The summed E-state index contributed by atoms with van der Waals surface area (Å²) in [5.41, 5.74) is 7.03. The van der Waals surface area contributed by atoms with Gasteiger partial charge in [0.15, 0.2) is 0 Å². The molecule has 0 aliphatic heterocycles. The standard InChI is InChI=1S/C18H28N2O/c1-13(2)10-14(12-19)11-17(21)20-18(16-8-9-16)15-6-4-3-5-7-15/h3-7,13-14,16,18H,8-12,19H2,1-2H3,(H,20,21). The molecular weight excluding hydrogens is 260 g/mol. The lowest BCUT2D eigenvalue weighted by molar-refractivity contribution is -0.123. The van der Waals surface area contributed by atoms with Gasteiger partial charge in [-0.3, -0.25) is 4.79 Å². The van der Waals surface area contributed by atoms with Crippen molar-refractivity contribution in [3.63, 3.8) is 0 Å². The lowest BCUT2D eigenvalue weighted by Gasteiger charge is -2.21. The average Bonchev–Trinajstić information content (AvgIpc) is 3.29. The van der Waals surface area contributed by atoms with E-state index < -0.39 is 0 Å². The number of carbonyl (C=O) groups excluding carboxylic acids is 1. The highest BCUT2D eigenvalue weighted by Gasteiger charge is 2.33. The van der Waals surface area contributed by atoms with Crippen molar-refractivity contribution < 1.29 is 4.79 Å². The first-order valence-corrected chi connectivity index (χ1v) is 8.14. The molecule has 0 saturated heterocycles. The van der Waals surface area contributed by atoms with Crippen molar-refractivity contribution in [1.29, 1.82) is 0 Å². The first-order chi connectivity index (χ1) is 10.1. The number of hydrogen-bond donors (Lipinski definition) is 2. The summed E-state index contributed by atoms with van der Waals surface area (Å²) in [6.07, 6.45) is 3.99. The highest BCUT2D eigenvalue weighted by molar-refractivity contribution is 5.76. The van der Waals surface area contributed by atoms with E-state index in [4.69, 9.17) is 5.73 Å². The minimum Gasteiger partial charge on any atom is -0.349 e. The maximum atomic E-state index is 12.3. The van der Waals surface area contributed by atoms with E-state index in [-0.39, 0.29) is 11.9 Å². The van der Waals surface area contributed by atoms with Crippen LogP contribution in [0.1, 0.15) is 51.1 Å². The van der Waals surface area contributed by atoms with Gasteiger partial charge in [0.1, 0.15) is 0 Å². The number of carbonyl (C=O) groups is 1. The molecule has 1 aliphatic rings. The predicted molar refractivity (Wildman–Crippen MR) is 86.7 cm³/mol. The van der Waals surface area contributed by atoms with Crippen LogP contribution in [0.25, 0.3) is 0 Å². The van der Waals surface area contributed by atoms with Crippen molar-refractivity contribution in [3.8, 4) is 0 Å². The molecule has 1 aromatic rings. The Hall–Kier alpha value is -1.35. The predicted octanol–water partition coefficient (Wildman–Crippen LogP) is 3.27. The van der Waals surface area contributed by atoms with Crippen LogP contribution in [0.15, 0.2) is 30.3 Å². The van der Waals surface area contributed by atoms with Gasteiger partial charge >= 0.3 is 0 Å². The van der Waals surface area contributed by atoms with Crippen LogP contribution in [0.3, 0.4) is 0 Å². The van der Waals surface area contributed by atoms with E-state index in [2.05, 4.69) is 31.3 Å². The second-order valence-electron chi connectivity index (χ2n) is 6.73. The molecule has 2 atom stereocenters. The van der Waals surface area contributed by atoms with Crippen LogP contribution >= 0.6 is 0 Å². The van der Waals surface area contributed by atoms with Gasteiger partial charge in [0.2, 0.25) is 5.91 Å². The van der Waals surface area contributed by atoms with E-state index in [9.17, 15) is 4.79 Å². The third-order valence-electron chi connectivity index (χ3n) is 4.18. The maximum Gasteiger partial charge on any atom is 0.220 e. The fourth-order valence-electron chi connectivity index (χ4n) is 2.99. The zero-order valence-electron chi connectivity index (χ0n) is 13.2. The second-order valence-corrected chi connectivity index (χ2v) is 6.73. The molecule has 1 saturated carbocycles. The lowest BCUT2D eigenvalue weighted by atomic mass is 9.93. The molecule has 1 aromatic carbocycles. The highest BCUT2D eigenvalue weighted by atomic mass is 16.1. The smallest absolute Gasteiger partial charge is 0.220 e.